The third-order valence-corrected chi connectivity index (χ3v) is 5.94. The van der Waals surface area contributed by atoms with E-state index in [1.165, 1.54) is 26.9 Å². The van der Waals surface area contributed by atoms with E-state index >= 15 is 0 Å². The molecule has 30 heavy (non-hydrogen) atoms. The lowest BCUT2D eigenvalue weighted by atomic mass is 9.92. The van der Waals surface area contributed by atoms with Gasteiger partial charge in [0.2, 0.25) is 0 Å². The summed E-state index contributed by atoms with van der Waals surface area (Å²) in [7, 11) is 0. The van der Waals surface area contributed by atoms with Crippen molar-refractivity contribution in [2.24, 2.45) is 0 Å². The Morgan fingerprint density at radius 1 is 0.467 bits per heavy atom. The van der Waals surface area contributed by atoms with Crippen LogP contribution in [0.1, 0.15) is 0 Å². The topological polar surface area (TPSA) is 29.3 Å². The normalized spacial score (nSPS) is 11.5. The first-order valence-electron chi connectivity index (χ1n) is 10.2. The first kappa shape index (κ1) is 16.9. The zero-order valence-corrected chi connectivity index (χ0v) is 16.4. The second-order valence-corrected chi connectivity index (χ2v) is 7.67. The molecule has 0 aromatic heterocycles. The van der Waals surface area contributed by atoms with Crippen LogP contribution in [0.25, 0.3) is 32.3 Å². The van der Waals surface area contributed by atoms with E-state index in [4.69, 9.17) is 5.73 Å². The van der Waals surface area contributed by atoms with Crippen molar-refractivity contribution in [2.75, 3.05) is 10.6 Å². The molecule has 0 heterocycles. The fourth-order valence-electron chi connectivity index (χ4n) is 4.58. The number of nitrogens with zero attached hydrogens (tertiary/aromatic N) is 1. The third kappa shape index (κ3) is 2.44. The molecule has 0 aliphatic carbocycles. The van der Waals surface area contributed by atoms with Crippen molar-refractivity contribution in [3.05, 3.63) is 109 Å². The Morgan fingerprint density at radius 3 is 1.60 bits per heavy atom. The first-order valence-corrected chi connectivity index (χ1v) is 10.2. The molecule has 0 amide bonds. The number of anilines is 4. The Kier molecular flexibility index (Phi) is 3.65. The molecule has 142 valence electrons. The quantitative estimate of drug-likeness (QED) is 0.251. The summed E-state index contributed by atoms with van der Waals surface area (Å²) in [5, 5.41) is 7.32. The number of hydrogen-bond acceptors (Lipinski definition) is 2. The molecule has 0 saturated heterocycles. The van der Waals surface area contributed by atoms with Crippen LogP contribution in [0.3, 0.4) is 0 Å². The second-order valence-electron chi connectivity index (χ2n) is 7.67. The zero-order chi connectivity index (χ0) is 20.1. The smallest absolute Gasteiger partial charge is 0.0540 e. The Bertz CT molecular complexity index is 1450. The minimum atomic E-state index is 0.824. The van der Waals surface area contributed by atoms with Crippen LogP contribution in [-0.4, -0.2) is 0 Å². The first-order chi connectivity index (χ1) is 14.8. The Hall–Kier alpha value is -4.04. The minimum Gasteiger partial charge on any atom is -0.398 e. The number of nitrogens with two attached hydrogens (primary N) is 1. The van der Waals surface area contributed by atoms with Gasteiger partial charge in [-0.15, -0.1) is 0 Å². The molecule has 0 atom stereocenters. The molecule has 0 unspecified atom stereocenters. The van der Waals surface area contributed by atoms with Crippen molar-refractivity contribution >= 4 is 55.1 Å². The van der Waals surface area contributed by atoms with Gasteiger partial charge in [-0.3, -0.25) is 0 Å². The van der Waals surface area contributed by atoms with E-state index < -0.39 is 0 Å². The summed E-state index contributed by atoms with van der Waals surface area (Å²) in [4.78, 5) is 2.33. The van der Waals surface area contributed by atoms with Gasteiger partial charge in [-0.05, 0) is 57.9 Å². The molecule has 0 fully saturated rings. The van der Waals surface area contributed by atoms with Gasteiger partial charge in [0.15, 0.2) is 0 Å². The lowest BCUT2D eigenvalue weighted by Crippen LogP contribution is -2.10. The number of para-hydroxylation sites is 2. The van der Waals surface area contributed by atoms with Crippen LogP contribution < -0.4 is 10.6 Å². The van der Waals surface area contributed by atoms with Gasteiger partial charge >= 0.3 is 0 Å². The Morgan fingerprint density at radius 2 is 0.967 bits per heavy atom. The molecule has 2 heteroatoms. The average molecular weight is 384 g/mol. The second kappa shape index (κ2) is 6.50. The van der Waals surface area contributed by atoms with E-state index in [9.17, 15) is 0 Å². The van der Waals surface area contributed by atoms with Crippen LogP contribution in [0.2, 0.25) is 0 Å². The summed E-state index contributed by atoms with van der Waals surface area (Å²) in [6.07, 6.45) is 0. The number of hydrogen-bond donors (Lipinski definition) is 1. The maximum absolute atomic E-state index is 6.34. The molecule has 0 radical (unpaired) electrons. The minimum absolute atomic E-state index is 0.824. The highest BCUT2D eigenvalue weighted by Crippen LogP contribution is 2.44. The highest BCUT2D eigenvalue weighted by molar-refractivity contribution is 6.27. The van der Waals surface area contributed by atoms with E-state index in [1.54, 1.807) is 0 Å². The van der Waals surface area contributed by atoms with Crippen molar-refractivity contribution in [3.63, 3.8) is 0 Å². The fourth-order valence-corrected chi connectivity index (χ4v) is 4.58. The van der Waals surface area contributed by atoms with Crippen LogP contribution >= 0.6 is 0 Å². The van der Waals surface area contributed by atoms with Crippen molar-refractivity contribution in [2.45, 2.75) is 0 Å². The monoisotopic (exact) mass is 384 g/mol. The summed E-state index contributed by atoms with van der Waals surface area (Å²) >= 11 is 0. The van der Waals surface area contributed by atoms with Gasteiger partial charge in [0.25, 0.3) is 0 Å². The van der Waals surface area contributed by atoms with Crippen molar-refractivity contribution < 1.29 is 0 Å². The van der Waals surface area contributed by atoms with E-state index in [-0.39, 0.29) is 0 Å². The van der Waals surface area contributed by atoms with Crippen molar-refractivity contribution in [1.82, 2.24) is 0 Å². The molecule has 6 rings (SSSR count). The summed E-state index contributed by atoms with van der Waals surface area (Å²) in [5.74, 6) is 0. The molecular formula is C28H20N2. The van der Waals surface area contributed by atoms with Gasteiger partial charge in [0.1, 0.15) is 0 Å². The Balaban J connectivity index is 1.73. The average Bonchev–Trinajstić information content (AvgIpc) is 2.81. The number of rotatable bonds is 3. The summed E-state index contributed by atoms with van der Waals surface area (Å²) < 4.78 is 0. The zero-order valence-electron chi connectivity index (χ0n) is 16.4. The maximum atomic E-state index is 6.34. The summed E-state index contributed by atoms with van der Waals surface area (Å²) in [6, 6.07) is 38.4. The van der Waals surface area contributed by atoms with Crippen LogP contribution in [0.5, 0.6) is 0 Å². The molecular weight excluding hydrogens is 364 g/mol. The summed E-state index contributed by atoms with van der Waals surface area (Å²) in [6.45, 7) is 0. The Labute approximate surface area is 175 Å². The van der Waals surface area contributed by atoms with Gasteiger partial charge in [-0.1, -0.05) is 72.8 Å². The van der Waals surface area contributed by atoms with E-state index in [1.807, 2.05) is 6.07 Å². The number of benzene rings is 6. The largest absolute Gasteiger partial charge is 0.398 e. The molecule has 2 N–H and O–H groups in total. The highest BCUT2D eigenvalue weighted by atomic mass is 15.1. The van der Waals surface area contributed by atoms with Gasteiger partial charge in [0, 0.05) is 27.8 Å². The highest BCUT2D eigenvalue weighted by Gasteiger charge is 2.18. The molecule has 0 spiro atoms. The van der Waals surface area contributed by atoms with Gasteiger partial charge in [0.05, 0.1) is 5.69 Å². The predicted molar refractivity (Wildman–Crippen MR) is 129 cm³/mol. The summed E-state index contributed by atoms with van der Waals surface area (Å²) in [5.41, 5.74) is 10.6. The maximum Gasteiger partial charge on any atom is 0.0540 e. The van der Waals surface area contributed by atoms with E-state index in [0.717, 1.165) is 28.1 Å². The molecule has 2 nitrogen and oxygen atoms in total. The van der Waals surface area contributed by atoms with Gasteiger partial charge in [-0.25, -0.2) is 0 Å². The van der Waals surface area contributed by atoms with Crippen LogP contribution in [-0.2, 0) is 0 Å². The molecule has 0 aliphatic heterocycles. The fraction of sp³-hybridized carbons (Fsp3) is 0. The molecule has 6 aromatic carbocycles. The van der Waals surface area contributed by atoms with Gasteiger partial charge in [-0.2, -0.15) is 0 Å². The standard InChI is InChI=1S/C28H20N2/c29-25-17-13-19-12-16-24-26(18-14-20-11-15-23(25)27(19)28(20)24)30(21-7-3-1-4-8-21)22-9-5-2-6-10-22/h1-18H,29H2. The van der Waals surface area contributed by atoms with Crippen molar-refractivity contribution in [3.8, 4) is 0 Å². The van der Waals surface area contributed by atoms with Gasteiger partial charge < -0.3 is 10.6 Å². The molecule has 0 saturated carbocycles. The third-order valence-electron chi connectivity index (χ3n) is 5.94. The van der Waals surface area contributed by atoms with Crippen LogP contribution in [0.15, 0.2) is 109 Å². The lowest BCUT2D eigenvalue weighted by Gasteiger charge is -2.27. The predicted octanol–water partition coefficient (Wildman–Crippen LogP) is 7.64. The molecule has 0 bridgehead atoms. The lowest BCUT2D eigenvalue weighted by molar-refractivity contribution is 1.30. The SMILES string of the molecule is Nc1ccc2ccc3c(N(c4ccccc4)c4ccccc4)ccc4ccc1c2c43. The van der Waals surface area contributed by atoms with E-state index in [0.29, 0.717) is 0 Å². The molecule has 6 aromatic rings. The molecule has 0 aliphatic rings. The number of nitrogen functional groups attached to an aromatic ring is 1. The van der Waals surface area contributed by atoms with Crippen LogP contribution in [0, 0.1) is 0 Å². The van der Waals surface area contributed by atoms with Crippen LogP contribution in [0.4, 0.5) is 22.7 Å². The van der Waals surface area contributed by atoms with E-state index in [2.05, 4.69) is 108 Å². The van der Waals surface area contributed by atoms with Crippen molar-refractivity contribution in [1.29, 1.82) is 0 Å².